The van der Waals surface area contributed by atoms with Crippen molar-refractivity contribution in [1.82, 2.24) is 0 Å². The van der Waals surface area contributed by atoms with Crippen molar-refractivity contribution in [3.05, 3.63) is 0 Å². The van der Waals surface area contributed by atoms with Gasteiger partial charge in [0.2, 0.25) is 0 Å². The second kappa shape index (κ2) is 10.6. The van der Waals surface area contributed by atoms with E-state index in [-0.39, 0.29) is 5.41 Å². The zero-order valence-electron chi connectivity index (χ0n) is 17.3. The lowest BCUT2D eigenvalue weighted by molar-refractivity contribution is -0.0108. The summed E-state index contributed by atoms with van der Waals surface area (Å²) in [6, 6.07) is 2.96. The second-order valence-electron chi connectivity index (χ2n) is 9.28. The van der Waals surface area contributed by atoms with Gasteiger partial charge in [-0.05, 0) is 56.3 Å². The summed E-state index contributed by atoms with van der Waals surface area (Å²) < 4.78 is 0. The van der Waals surface area contributed by atoms with E-state index in [4.69, 9.17) is 0 Å². The summed E-state index contributed by atoms with van der Waals surface area (Å²) in [4.78, 5) is 0. The van der Waals surface area contributed by atoms with Gasteiger partial charge in [-0.25, -0.2) is 0 Å². The predicted octanol–water partition coefficient (Wildman–Crippen LogP) is 8.19. The topological polar surface area (TPSA) is 23.8 Å². The first-order chi connectivity index (χ1) is 12.2. The van der Waals surface area contributed by atoms with Crippen molar-refractivity contribution >= 4 is 0 Å². The molecule has 0 saturated heterocycles. The van der Waals surface area contributed by atoms with E-state index in [1.165, 1.54) is 116 Å². The summed E-state index contributed by atoms with van der Waals surface area (Å²) in [7, 11) is 0. The first-order valence-corrected chi connectivity index (χ1v) is 11.6. The lowest BCUT2D eigenvalue weighted by atomic mass is 9.50. The fraction of sp³-hybridized carbons (Fsp3) is 0.958. The molecule has 2 aliphatic rings. The third kappa shape index (κ3) is 5.24. The number of rotatable bonds is 10. The Labute approximate surface area is 158 Å². The van der Waals surface area contributed by atoms with Crippen LogP contribution in [0.5, 0.6) is 0 Å². The molecule has 0 unspecified atom stereocenters. The van der Waals surface area contributed by atoms with E-state index in [0.717, 1.165) is 5.92 Å². The third-order valence-corrected chi connectivity index (χ3v) is 7.72. The average Bonchev–Trinajstić information content (AvgIpc) is 2.67. The van der Waals surface area contributed by atoms with Crippen molar-refractivity contribution in [3.8, 4) is 6.07 Å². The molecule has 0 radical (unpaired) electrons. The SMILES string of the molecule is CCCCCCC1(C2(C#N)CCC(CCCCC)CC2)CCCCC1. The van der Waals surface area contributed by atoms with Gasteiger partial charge in [-0.3, -0.25) is 0 Å². The van der Waals surface area contributed by atoms with Crippen LogP contribution < -0.4 is 0 Å². The predicted molar refractivity (Wildman–Crippen MR) is 108 cm³/mol. The Morgan fingerprint density at radius 3 is 2.04 bits per heavy atom. The summed E-state index contributed by atoms with van der Waals surface area (Å²) in [5, 5.41) is 10.3. The number of nitriles is 1. The van der Waals surface area contributed by atoms with Crippen molar-refractivity contribution in [2.45, 2.75) is 129 Å². The molecule has 0 aliphatic heterocycles. The number of hydrogen-bond acceptors (Lipinski definition) is 1. The van der Waals surface area contributed by atoms with Crippen LogP contribution in [0.3, 0.4) is 0 Å². The van der Waals surface area contributed by atoms with Crippen molar-refractivity contribution < 1.29 is 0 Å². The van der Waals surface area contributed by atoms with Gasteiger partial charge in [0.1, 0.15) is 0 Å². The number of nitrogens with zero attached hydrogens (tertiary/aromatic N) is 1. The van der Waals surface area contributed by atoms with Gasteiger partial charge in [0.05, 0.1) is 11.5 Å². The molecule has 0 atom stereocenters. The van der Waals surface area contributed by atoms with Crippen LogP contribution >= 0.6 is 0 Å². The normalized spacial score (nSPS) is 29.2. The molecule has 2 rings (SSSR count). The van der Waals surface area contributed by atoms with E-state index in [9.17, 15) is 5.26 Å². The number of unbranched alkanes of at least 4 members (excludes halogenated alkanes) is 5. The maximum atomic E-state index is 10.3. The molecular weight excluding hydrogens is 302 g/mol. The molecule has 0 N–H and O–H groups in total. The largest absolute Gasteiger partial charge is 0.198 e. The Morgan fingerprint density at radius 2 is 1.44 bits per heavy atom. The van der Waals surface area contributed by atoms with E-state index in [1.807, 2.05) is 0 Å². The zero-order valence-corrected chi connectivity index (χ0v) is 17.3. The molecule has 0 spiro atoms. The van der Waals surface area contributed by atoms with Crippen molar-refractivity contribution in [1.29, 1.82) is 5.26 Å². The zero-order chi connectivity index (χ0) is 18.0. The van der Waals surface area contributed by atoms with Crippen LogP contribution in [0.25, 0.3) is 0 Å². The molecule has 0 amide bonds. The quantitative estimate of drug-likeness (QED) is 0.366. The van der Waals surface area contributed by atoms with E-state index >= 15 is 0 Å². The van der Waals surface area contributed by atoms with Crippen LogP contribution in [-0.4, -0.2) is 0 Å². The maximum Gasteiger partial charge on any atom is 0.0695 e. The second-order valence-corrected chi connectivity index (χ2v) is 9.28. The van der Waals surface area contributed by atoms with Crippen LogP contribution in [0.4, 0.5) is 0 Å². The molecular formula is C24H43N. The van der Waals surface area contributed by atoms with Gasteiger partial charge in [0.25, 0.3) is 0 Å². The Hall–Kier alpha value is -0.510. The van der Waals surface area contributed by atoms with E-state index in [2.05, 4.69) is 19.9 Å². The molecule has 0 bridgehead atoms. The lowest BCUT2D eigenvalue weighted by Gasteiger charge is -2.52. The Bertz CT molecular complexity index is 391. The molecule has 2 aliphatic carbocycles. The molecule has 0 aromatic rings. The van der Waals surface area contributed by atoms with E-state index < -0.39 is 0 Å². The van der Waals surface area contributed by atoms with Crippen LogP contribution in [0.1, 0.15) is 129 Å². The van der Waals surface area contributed by atoms with Crippen LogP contribution in [0.15, 0.2) is 0 Å². The van der Waals surface area contributed by atoms with Gasteiger partial charge in [-0.2, -0.15) is 5.26 Å². The number of hydrogen-bond donors (Lipinski definition) is 0. The van der Waals surface area contributed by atoms with Gasteiger partial charge in [-0.15, -0.1) is 0 Å². The Kier molecular flexibility index (Phi) is 8.81. The van der Waals surface area contributed by atoms with Crippen LogP contribution in [0, 0.1) is 28.1 Å². The van der Waals surface area contributed by atoms with Gasteiger partial charge in [-0.1, -0.05) is 84.5 Å². The molecule has 25 heavy (non-hydrogen) atoms. The maximum absolute atomic E-state index is 10.3. The van der Waals surface area contributed by atoms with Crippen LogP contribution in [0.2, 0.25) is 0 Å². The van der Waals surface area contributed by atoms with Crippen molar-refractivity contribution in [3.63, 3.8) is 0 Å². The molecule has 1 heteroatoms. The minimum atomic E-state index is 0.0148. The molecule has 0 heterocycles. The third-order valence-electron chi connectivity index (χ3n) is 7.72. The Morgan fingerprint density at radius 1 is 0.800 bits per heavy atom. The molecule has 2 fully saturated rings. The van der Waals surface area contributed by atoms with Crippen molar-refractivity contribution in [2.24, 2.45) is 16.7 Å². The van der Waals surface area contributed by atoms with Gasteiger partial charge in [0.15, 0.2) is 0 Å². The molecule has 0 aromatic heterocycles. The highest BCUT2D eigenvalue weighted by Crippen LogP contribution is 2.59. The minimum absolute atomic E-state index is 0.0148. The highest BCUT2D eigenvalue weighted by atomic mass is 14.6. The highest BCUT2D eigenvalue weighted by molar-refractivity contribution is 5.12. The summed E-state index contributed by atoms with van der Waals surface area (Å²) in [5.41, 5.74) is 0.378. The average molecular weight is 346 g/mol. The van der Waals surface area contributed by atoms with E-state index in [0.29, 0.717) is 5.41 Å². The summed E-state index contributed by atoms with van der Waals surface area (Å²) >= 11 is 0. The van der Waals surface area contributed by atoms with Gasteiger partial charge >= 0.3 is 0 Å². The summed E-state index contributed by atoms with van der Waals surface area (Å²) in [6.45, 7) is 4.60. The minimum Gasteiger partial charge on any atom is -0.198 e. The smallest absolute Gasteiger partial charge is 0.0695 e. The molecule has 0 aromatic carbocycles. The molecule has 144 valence electrons. The molecule has 1 nitrogen and oxygen atoms in total. The van der Waals surface area contributed by atoms with Crippen molar-refractivity contribution in [2.75, 3.05) is 0 Å². The fourth-order valence-electron chi connectivity index (χ4n) is 5.99. The lowest BCUT2D eigenvalue weighted by Crippen LogP contribution is -2.45. The van der Waals surface area contributed by atoms with Gasteiger partial charge in [0, 0.05) is 0 Å². The fourth-order valence-corrected chi connectivity index (χ4v) is 5.99. The highest BCUT2D eigenvalue weighted by Gasteiger charge is 2.52. The Balaban J connectivity index is 2.00. The van der Waals surface area contributed by atoms with E-state index in [1.54, 1.807) is 0 Å². The first kappa shape index (κ1) is 20.8. The molecule has 2 saturated carbocycles. The van der Waals surface area contributed by atoms with Gasteiger partial charge < -0.3 is 0 Å². The summed E-state index contributed by atoms with van der Waals surface area (Å²) in [5.74, 6) is 0.911. The summed E-state index contributed by atoms with van der Waals surface area (Å²) in [6.07, 6.45) is 24.2. The first-order valence-electron chi connectivity index (χ1n) is 11.6. The standard InChI is InChI=1S/C24H43N/c1-3-5-7-10-16-23(17-11-8-12-18-23)24(21-25)19-14-22(15-20-24)13-9-6-4-2/h22H,3-20H2,1-2H3. The monoisotopic (exact) mass is 345 g/mol. The van der Waals surface area contributed by atoms with Crippen LogP contribution in [-0.2, 0) is 0 Å².